The van der Waals surface area contributed by atoms with Gasteiger partial charge in [0, 0.05) is 17.8 Å². The highest BCUT2D eigenvalue weighted by Gasteiger charge is 2.30. The van der Waals surface area contributed by atoms with Crippen molar-refractivity contribution in [3.63, 3.8) is 0 Å². The van der Waals surface area contributed by atoms with Crippen LogP contribution in [0.3, 0.4) is 0 Å². The van der Waals surface area contributed by atoms with E-state index in [2.05, 4.69) is 21.7 Å². The molecule has 128 valence electrons. The summed E-state index contributed by atoms with van der Waals surface area (Å²) in [4.78, 5) is 15.9. The van der Waals surface area contributed by atoms with Gasteiger partial charge in [0.05, 0.1) is 17.5 Å². The maximum absolute atomic E-state index is 12.2. The summed E-state index contributed by atoms with van der Waals surface area (Å²) < 4.78 is 23.0. The van der Waals surface area contributed by atoms with E-state index in [0.29, 0.717) is 19.4 Å². The van der Waals surface area contributed by atoms with E-state index in [4.69, 9.17) is 0 Å². The third kappa shape index (κ3) is 4.55. The summed E-state index contributed by atoms with van der Waals surface area (Å²) in [5.41, 5.74) is 0. The lowest BCUT2D eigenvalue weighted by Gasteiger charge is -2.27. The molecule has 1 N–H and O–H groups in total. The van der Waals surface area contributed by atoms with Gasteiger partial charge in [-0.2, -0.15) is 0 Å². The van der Waals surface area contributed by atoms with Gasteiger partial charge < -0.3 is 5.32 Å². The Bertz CT molecular complexity index is 622. The largest absolute Gasteiger partial charge is 0.354 e. The number of hydrogen-bond donors (Lipinski definition) is 1. The van der Waals surface area contributed by atoms with Gasteiger partial charge in [-0.25, -0.2) is 8.42 Å². The monoisotopic (exact) mass is 356 g/mol. The number of sulfone groups is 1. The Kier molecular flexibility index (Phi) is 5.38. The zero-order chi connectivity index (χ0) is 16.3. The molecule has 23 heavy (non-hydrogen) atoms. The Hall–Kier alpha value is -0.920. The second-order valence-electron chi connectivity index (χ2n) is 6.55. The summed E-state index contributed by atoms with van der Waals surface area (Å²) in [5, 5.41) is 5.11. The minimum Gasteiger partial charge on any atom is -0.354 e. The lowest BCUT2D eigenvalue weighted by atomic mass is 10.0. The summed E-state index contributed by atoms with van der Waals surface area (Å²) in [6.07, 6.45) is 3.39. The Morgan fingerprint density at radius 1 is 1.39 bits per heavy atom. The summed E-state index contributed by atoms with van der Waals surface area (Å²) in [5.74, 6) is 0.372. The Labute approximate surface area is 142 Å². The van der Waals surface area contributed by atoms with Crippen LogP contribution < -0.4 is 5.32 Å². The normalized spacial score (nSPS) is 25.5. The van der Waals surface area contributed by atoms with E-state index in [1.54, 1.807) is 11.3 Å². The molecule has 0 aliphatic carbocycles. The highest BCUT2D eigenvalue weighted by atomic mass is 32.2. The van der Waals surface area contributed by atoms with Crippen LogP contribution in [0.4, 0.5) is 0 Å². The third-order valence-corrected chi connectivity index (χ3v) is 7.56. The van der Waals surface area contributed by atoms with Crippen molar-refractivity contribution in [3.8, 4) is 0 Å². The summed E-state index contributed by atoms with van der Waals surface area (Å²) in [6, 6.07) is 4.42. The van der Waals surface area contributed by atoms with Crippen LogP contribution in [-0.2, 0) is 14.6 Å². The lowest BCUT2D eigenvalue weighted by Crippen LogP contribution is -2.37. The molecule has 2 fully saturated rings. The van der Waals surface area contributed by atoms with E-state index in [-0.39, 0.29) is 29.4 Å². The Balaban J connectivity index is 1.53. The minimum atomic E-state index is -2.91. The average molecular weight is 357 g/mol. The van der Waals surface area contributed by atoms with Gasteiger partial charge in [0.2, 0.25) is 5.91 Å². The zero-order valence-corrected chi connectivity index (χ0v) is 14.9. The van der Waals surface area contributed by atoms with Crippen molar-refractivity contribution in [2.45, 2.75) is 31.7 Å². The van der Waals surface area contributed by atoms with Crippen molar-refractivity contribution in [1.29, 1.82) is 0 Å². The van der Waals surface area contributed by atoms with Crippen LogP contribution in [0.25, 0.3) is 0 Å². The van der Waals surface area contributed by atoms with Crippen LogP contribution in [0.15, 0.2) is 17.5 Å². The fourth-order valence-corrected chi connectivity index (χ4v) is 6.24. The van der Waals surface area contributed by atoms with Crippen LogP contribution >= 0.6 is 11.3 Å². The molecule has 2 aliphatic rings. The van der Waals surface area contributed by atoms with E-state index < -0.39 is 9.84 Å². The van der Waals surface area contributed by atoms with E-state index >= 15 is 0 Å². The smallest absolute Gasteiger partial charge is 0.220 e. The number of amides is 1. The molecular formula is C16H24N2O3S2. The fourth-order valence-electron chi connectivity index (χ4n) is 3.52. The minimum absolute atomic E-state index is 0.00743. The number of carbonyl (C=O) groups excluding carboxylic acids is 1. The van der Waals surface area contributed by atoms with Gasteiger partial charge in [0.1, 0.15) is 0 Å². The molecular weight excluding hydrogens is 332 g/mol. The molecule has 1 aromatic rings. The summed E-state index contributed by atoms with van der Waals surface area (Å²) >= 11 is 1.73. The molecule has 7 heteroatoms. The first-order chi connectivity index (χ1) is 11.0. The maximum atomic E-state index is 12.2. The highest BCUT2D eigenvalue weighted by Crippen LogP contribution is 2.28. The molecule has 3 heterocycles. The lowest BCUT2D eigenvalue weighted by molar-refractivity contribution is -0.122. The number of nitrogens with zero attached hydrogens (tertiary/aromatic N) is 1. The molecule has 2 unspecified atom stereocenters. The molecule has 3 rings (SSSR count). The van der Waals surface area contributed by atoms with E-state index in [1.165, 1.54) is 17.7 Å². The Morgan fingerprint density at radius 2 is 2.17 bits per heavy atom. The van der Waals surface area contributed by atoms with Gasteiger partial charge in [-0.05, 0) is 49.7 Å². The fraction of sp³-hybridized carbons (Fsp3) is 0.688. The number of carbonyl (C=O) groups is 1. The molecule has 2 saturated heterocycles. The first-order valence-corrected chi connectivity index (χ1v) is 11.0. The molecule has 1 amide bonds. The molecule has 5 nitrogen and oxygen atoms in total. The van der Waals surface area contributed by atoms with Crippen LogP contribution in [0.2, 0.25) is 0 Å². The van der Waals surface area contributed by atoms with Crippen LogP contribution in [0.5, 0.6) is 0 Å². The Morgan fingerprint density at radius 3 is 2.78 bits per heavy atom. The molecule has 2 aliphatic heterocycles. The molecule has 1 aromatic heterocycles. The number of rotatable bonds is 6. The van der Waals surface area contributed by atoms with Crippen molar-refractivity contribution in [1.82, 2.24) is 10.2 Å². The van der Waals surface area contributed by atoms with E-state index in [9.17, 15) is 13.2 Å². The van der Waals surface area contributed by atoms with Gasteiger partial charge >= 0.3 is 0 Å². The second kappa shape index (κ2) is 7.32. The van der Waals surface area contributed by atoms with Gasteiger partial charge in [0.15, 0.2) is 9.84 Å². The first-order valence-electron chi connectivity index (χ1n) is 8.28. The molecule has 0 aromatic carbocycles. The highest BCUT2D eigenvalue weighted by molar-refractivity contribution is 7.91. The topological polar surface area (TPSA) is 66.5 Å². The van der Waals surface area contributed by atoms with Gasteiger partial charge in [-0.15, -0.1) is 11.3 Å². The second-order valence-corrected chi connectivity index (χ2v) is 9.76. The van der Waals surface area contributed by atoms with Crippen molar-refractivity contribution in [3.05, 3.63) is 22.4 Å². The number of thiophene rings is 1. The van der Waals surface area contributed by atoms with Gasteiger partial charge in [-0.1, -0.05) is 6.07 Å². The van der Waals surface area contributed by atoms with E-state index in [1.807, 2.05) is 6.07 Å². The summed E-state index contributed by atoms with van der Waals surface area (Å²) in [7, 11) is -2.91. The standard InChI is InChI=1S/C16H24N2O3S2/c19-16(10-13-5-9-23(20,21)12-13)17-11-14(15-4-3-8-22-15)18-6-1-2-7-18/h3-4,8,13-14H,1-2,5-7,9-12H2,(H,17,19). The molecule has 0 saturated carbocycles. The number of hydrogen-bond acceptors (Lipinski definition) is 5. The van der Waals surface area contributed by atoms with Crippen molar-refractivity contribution in [2.24, 2.45) is 5.92 Å². The SMILES string of the molecule is O=C(CC1CCS(=O)(=O)C1)NCC(c1cccs1)N1CCCC1. The molecule has 0 radical (unpaired) electrons. The van der Waals surface area contributed by atoms with Crippen LogP contribution in [0, 0.1) is 5.92 Å². The number of likely N-dealkylation sites (tertiary alicyclic amines) is 1. The van der Waals surface area contributed by atoms with Crippen molar-refractivity contribution in [2.75, 3.05) is 31.1 Å². The van der Waals surface area contributed by atoms with Crippen molar-refractivity contribution >= 4 is 27.1 Å². The molecule has 2 atom stereocenters. The number of nitrogens with one attached hydrogen (secondary N) is 1. The van der Waals surface area contributed by atoms with Crippen LogP contribution in [-0.4, -0.2) is 50.4 Å². The average Bonchev–Trinajstić information content (AvgIpc) is 3.22. The molecule has 0 bridgehead atoms. The first kappa shape index (κ1) is 16.9. The van der Waals surface area contributed by atoms with E-state index in [0.717, 1.165) is 13.1 Å². The predicted octanol–water partition coefficient (Wildman–Crippen LogP) is 1.83. The van der Waals surface area contributed by atoms with Gasteiger partial charge in [0.25, 0.3) is 0 Å². The van der Waals surface area contributed by atoms with Crippen molar-refractivity contribution < 1.29 is 13.2 Å². The summed E-state index contributed by atoms with van der Waals surface area (Å²) in [6.45, 7) is 2.78. The maximum Gasteiger partial charge on any atom is 0.220 e. The molecule has 0 spiro atoms. The zero-order valence-electron chi connectivity index (χ0n) is 13.2. The third-order valence-electron chi connectivity index (χ3n) is 4.75. The van der Waals surface area contributed by atoms with Crippen LogP contribution in [0.1, 0.15) is 36.6 Å². The predicted molar refractivity (Wildman–Crippen MR) is 92.3 cm³/mol. The van der Waals surface area contributed by atoms with Gasteiger partial charge in [-0.3, -0.25) is 9.69 Å². The quantitative estimate of drug-likeness (QED) is 0.844.